The Morgan fingerprint density at radius 1 is 1.27 bits per heavy atom. The molecule has 1 aliphatic carbocycles. The van der Waals surface area contributed by atoms with E-state index in [1.165, 1.54) is 11.1 Å². The van der Waals surface area contributed by atoms with Gasteiger partial charge in [-0.15, -0.1) is 0 Å². The van der Waals surface area contributed by atoms with Gasteiger partial charge >= 0.3 is 0 Å². The molecule has 0 aromatic carbocycles. The quantitative estimate of drug-likeness (QED) is 0.253. The first-order valence-electron chi connectivity index (χ1n) is 10.4. The second kappa shape index (κ2) is 9.01. The van der Waals surface area contributed by atoms with Gasteiger partial charge in [-0.3, -0.25) is 4.79 Å². The molecule has 2 nitrogen and oxygen atoms in total. The first kappa shape index (κ1) is 23.4. The Hall–Kier alpha value is -0.673. The number of carbonyl (C=O) groups is 1. The van der Waals surface area contributed by atoms with Crippen LogP contribution in [0.2, 0.25) is 18.1 Å². The van der Waals surface area contributed by atoms with Crippen molar-refractivity contribution in [3.8, 4) is 0 Å². The van der Waals surface area contributed by atoms with Gasteiger partial charge in [0, 0.05) is 12.5 Å². The predicted molar refractivity (Wildman–Crippen MR) is 116 cm³/mol. The van der Waals surface area contributed by atoms with E-state index in [2.05, 4.69) is 67.6 Å². The first-order chi connectivity index (χ1) is 11.8. The summed E-state index contributed by atoms with van der Waals surface area (Å²) in [5, 5.41) is 0.236. The Kier molecular flexibility index (Phi) is 8.10. The number of hydrogen-bond acceptors (Lipinski definition) is 2. The van der Waals surface area contributed by atoms with Crippen LogP contribution in [0.3, 0.4) is 0 Å². The fraction of sp³-hybridized carbons (Fsp3) is 0.783. The smallest absolute Gasteiger partial charge is 0.192 e. The number of hydrogen-bond donors (Lipinski definition) is 0. The zero-order chi connectivity index (χ0) is 20.2. The average molecular weight is 379 g/mol. The summed E-state index contributed by atoms with van der Waals surface area (Å²) in [6.07, 6.45) is 10.2. The third-order valence-corrected chi connectivity index (χ3v) is 10.7. The van der Waals surface area contributed by atoms with E-state index in [9.17, 15) is 4.79 Å². The molecular weight excluding hydrogens is 336 g/mol. The summed E-state index contributed by atoms with van der Waals surface area (Å²) in [7, 11) is -1.76. The van der Waals surface area contributed by atoms with Crippen molar-refractivity contribution in [3.05, 3.63) is 23.3 Å². The van der Waals surface area contributed by atoms with Crippen LogP contribution in [0, 0.1) is 5.41 Å². The molecule has 0 N–H and O–H groups in total. The van der Waals surface area contributed by atoms with Gasteiger partial charge in [-0.25, -0.2) is 0 Å². The van der Waals surface area contributed by atoms with Gasteiger partial charge in [0.1, 0.15) is 0 Å². The first-order valence-corrected chi connectivity index (χ1v) is 13.3. The van der Waals surface area contributed by atoms with Crippen LogP contribution in [-0.2, 0) is 9.22 Å². The SMILES string of the molecule is CCCCCC(=O)/C=C/C1=C(C)CC(O[Si](C)(C)C(C)(C)C)CC1(C)C. The maximum Gasteiger partial charge on any atom is 0.192 e. The zero-order valence-electron chi connectivity index (χ0n) is 18.8. The fourth-order valence-electron chi connectivity index (χ4n) is 3.63. The van der Waals surface area contributed by atoms with Gasteiger partial charge in [-0.2, -0.15) is 0 Å². The van der Waals surface area contributed by atoms with Crippen molar-refractivity contribution in [2.75, 3.05) is 0 Å². The van der Waals surface area contributed by atoms with Crippen LogP contribution in [-0.4, -0.2) is 20.2 Å². The third kappa shape index (κ3) is 6.49. The number of allylic oxidation sites excluding steroid dienone is 3. The summed E-state index contributed by atoms with van der Waals surface area (Å²) < 4.78 is 6.70. The van der Waals surface area contributed by atoms with Gasteiger partial charge in [0.05, 0.1) is 0 Å². The van der Waals surface area contributed by atoms with Crippen LogP contribution in [0.4, 0.5) is 0 Å². The number of ketones is 1. The van der Waals surface area contributed by atoms with E-state index in [0.29, 0.717) is 12.5 Å². The predicted octanol–water partition coefficient (Wildman–Crippen LogP) is 7.22. The summed E-state index contributed by atoms with van der Waals surface area (Å²) in [5.74, 6) is 0.259. The van der Waals surface area contributed by atoms with E-state index in [0.717, 1.165) is 32.1 Å². The van der Waals surface area contributed by atoms with Gasteiger partial charge in [0.25, 0.3) is 0 Å². The molecular formula is C23H42O2Si. The topological polar surface area (TPSA) is 26.3 Å². The highest BCUT2D eigenvalue weighted by Crippen LogP contribution is 2.45. The molecule has 0 fully saturated rings. The second-order valence-electron chi connectivity index (χ2n) is 10.2. The minimum Gasteiger partial charge on any atom is -0.414 e. The molecule has 0 heterocycles. The highest BCUT2D eigenvalue weighted by Gasteiger charge is 2.42. The van der Waals surface area contributed by atoms with Gasteiger partial charge in [0.2, 0.25) is 0 Å². The molecule has 0 aliphatic heterocycles. The van der Waals surface area contributed by atoms with Gasteiger partial charge in [-0.1, -0.05) is 66.0 Å². The molecule has 0 aromatic rings. The molecule has 0 bridgehead atoms. The van der Waals surface area contributed by atoms with Gasteiger partial charge in [-0.05, 0) is 61.4 Å². The van der Waals surface area contributed by atoms with Gasteiger partial charge in [0.15, 0.2) is 14.1 Å². The largest absolute Gasteiger partial charge is 0.414 e. The second-order valence-corrected chi connectivity index (χ2v) is 15.0. The lowest BCUT2D eigenvalue weighted by Crippen LogP contribution is -2.46. The Balaban J connectivity index is 2.85. The molecule has 0 radical (unpaired) electrons. The van der Waals surface area contributed by atoms with E-state index < -0.39 is 8.32 Å². The lowest BCUT2D eigenvalue weighted by Gasteiger charge is -2.44. The van der Waals surface area contributed by atoms with Crippen LogP contribution in [0.1, 0.15) is 87.0 Å². The summed E-state index contributed by atoms with van der Waals surface area (Å²) in [6.45, 7) is 20.5. The average Bonchev–Trinajstić information content (AvgIpc) is 2.44. The van der Waals surface area contributed by atoms with Crippen LogP contribution in [0.5, 0.6) is 0 Å². The maximum atomic E-state index is 12.1. The molecule has 0 saturated heterocycles. The fourth-order valence-corrected chi connectivity index (χ4v) is 4.99. The Bertz CT molecular complexity index is 547. The normalized spacial score (nSPS) is 21.5. The summed E-state index contributed by atoms with van der Waals surface area (Å²) in [5.41, 5.74) is 2.76. The molecule has 0 amide bonds. The lowest BCUT2D eigenvalue weighted by atomic mass is 9.71. The van der Waals surface area contributed by atoms with E-state index in [1.54, 1.807) is 0 Å². The molecule has 1 unspecified atom stereocenters. The molecule has 26 heavy (non-hydrogen) atoms. The minimum atomic E-state index is -1.76. The van der Waals surface area contributed by atoms with E-state index in [1.807, 2.05) is 6.08 Å². The maximum absolute atomic E-state index is 12.1. The van der Waals surface area contributed by atoms with Crippen LogP contribution in [0.25, 0.3) is 0 Å². The standard InChI is InChI=1S/C23H42O2Si/c1-10-11-12-13-19(24)14-15-21-18(2)16-20(17-23(21,6)7)25-26(8,9)22(3,4)5/h14-15,20H,10-13,16-17H2,1-9H3/b15-14+. The molecule has 1 atom stereocenters. The molecule has 0 aromatic heterocycles. The lowest BCUT2D eigenvalue weighted by molar-refractivity contribution is -0.114. The van der Waals surface area contributed by atoms with E-state index in [-0.39, 0.29) is 16.2 Å². The molecule has 150 valence electrons. The Labute approximate surface area is 163 Å². The monoisotopic (exact) mass is 378 g/mol. The molecule has 0 saturated carbocycles. The molecule has 0 spiro atoms. The van der Waals surface area contributed by atoms with Crippen molar-refractivity contribution in [1.82, 2.24) is 0 Å². The minimum absolute atomic E-state index is 0.0512. The number of carbonyl (C=O) groups excluding carboxylic acids is 1. The summed E-state index contributed by atoms with van der Waals surface area (Å²) >= 11 is 0. The number of unbranched alkanes of at least 4 members (excludes halogenated alkanes) is 2. The summed E-state index contributed by atoms with van der Waals surface area (Å²) in [4.78, 5) is 12.1. The van der Waals surface area contributed by atoms with Crippen molar-refractivity contribution in [1.29, 1.82) is 0 Å². The Morgan fingerprint density at radius 3 is 2.38 bits per heavy atom. The van der Waals surface area contributed by atoms with Crippen molar-refractivity contribution in [2.45, 2.75) is 111 Å². The van der Waals surface area contributed by atoms with Crippen LogP contribution >= 0.6 is 0 Å². The highest BCUT2D eigenvalue weighted by atomic mass is 28.4. The molecule has 1 rings (SSSR count). The summed E-state index contributed by atoms with van der Waals surface area (Å²) in [6, 6.07) is 0. The molecule has 1 aliphatic rings. The van der Waals surface area contributed by atoms with E-state index in [4.69, 9.17) is 4.43 Å². The zero-order valence-corrected chi connectivity index (χ0v) is 19.8. The van der Waals surface area contributed by atoms with E-state index >= 15 is 0 Å². The number of rotatable bonds is 8. The third-order valence-electron chi connectivity index (χ3n) is 6.19. The molecule has 3 heteroatoms. The van der Waals surface area contributed by atoms with Crippen molar-refractivity contribution < 1.29 is 9.22 Å². The van der Waals surface area contributed by atoms with Crippen molar-refractivity contribution in [2.24, 2.45) is 5.41 Å². The van der Waals surface area contributed by atoms with Gasteiger partial charge < -0.3 is 4.43 Å². The van der Waals surface area contributed by atoms with Crippen molar-refractivity contribution >= 4 is 14.1 Å². The Morgan fingerprint density at radius 2 is 1.88 bits per heavy atom. The van der Waals surface area contributed by atoms with Crippen LogP contribution < -0.4 is 0 Å². The van der Waals surface area contributed by atoms with Crippen LogP contribution in [0.15, 0.2) is 23.3 Å². The highest BCUT2D eigenvalue weighted by molar-refractivity contribution is 6.74. The van der Waals surface area contributed by atoms with Crippen molar-refractivity contribution in [3.63, 3.8) is 0 Å².